The third-order valence-corrected chi connectivity index (χ3v) is 4.01. The smallest absolute Gasteiger partial charge is 0.355 e. The van der Waals surface area contributed by atoms with Gasteiger partial charge in [0.2, 0.25) is 5.91 Å². The number of carbonyl (C=O) groups is 1. The van der Waals surface area contributed by atoms with E-state index in [2.05, 4.69) is 10.3 Å². The Morgan fingerprint density at radius 3 is 2.72 bits per heavy atom. The number of aryl methyl sites for hydroxylation is 1. The van der Waals surface area contributed by atoms with Crippen LogP contribution in [0.5, 0.6) is 0 Å². The Labute approximate surface area is 115 Å². The monoisotopic (exact) mass is 316 g/mol. The van der Waals surface area contributed by atoms with E-state index in [0.717, 1.165) is 10.6 Å². The first-order valence-electron chi connectivity index (χ1n) is 4.94. The van der Waals surface area contributed by atoms with Crippen LogP contribution in [0.4, 0.5) is 13.2 Å². The topological polar surface area (TPSA) is 44.9 Å². The van der Waals surface area contributed by atoms with Crippen molar-refractivity contribution in [3.63, 3.8) is 0 Å². The van der Waals surface area contributed by atoms with Crippen LogP contribution < -0.4 is 5.32 Å². The maximum absolute atomic E-state index is 11.8. The van der Waals surface area contributed by atoms with Crippen molar-refractivity contribution in [3.05, 3.63) is 14.5 Å². The molecule has 1 aromatic heterocycles. The Bertz CT molecular complexity index is 466. The van der Waals surface area contributed by atoms with Crippen molar-refractivity contribution >= 4 is 41.2 Å². The summed E-state index contributed by atoms with van der Waals surface area (Å²) >= 11 is 6.08. The highest BCUT2D eigenvalue weighted by molar-refractivity contribution is 8.00. The highest BCUT2D eigenvalue weighted by Gasteiger charge is 2.27. The molecule has 9 heteroatoms. The lowest BCUT2D eigenvalue weighted by molar-refractivity contribution is -0.120. The number of rotatable bonds is 5. The number of carbonyl (C=O) groups excluding carboxylic acids is 1. The van der Waals surface area contributed by atoms with E-state index in [0.29, 0.717) is 3.95 Å². The summed E-state index contributed by atoms with van der Waals surface area (Å²) in [5.74, 6) is -0.483. The van der Waals surface area contributed by atoms with Gasteiger partial charge in [-0.3, -0.25) is 4.79 Å². The molecule has 102 valence electrons. The van der Waals surface area contributed by atoms with Crippen LogP contribution in [-0.4, -0.2) is 28.7 Å². The molecular formula is C9H11F3N2OS3. The molecule has 1 amide bonds. The Balaban J connectivity index is 2.30. The average Bonchev–Trinajstić information content (AvgIpc) is 2.51. The average molecular weight is 316 g/mol. The molecule has 0 aromatic carbocycles. The summed E-state index contributed by atoms with van der Waals surface area (Å²) < 4.78 is 36.0. The van der Waals surface area contributed by atoms with Gasteiger partial charge in [-0.1, -0.05) is 0 Å². The third-order valence-electron chi connectivity index (χ3n) is 1.93. The molecule has 0 atom stereocenters. The van der Waals surface area contributed by atoms with Gasteiger partial charge >= 0.3 is 5.51 Å². The zero-order chi connectivity index (χ0) is 13.8. The summed E-state index contributed by atoms with van der Waals surface area (Å²) in [4.78, 5) is 15.2. The molecule has 0 saturated carbocycles. The Kier molecular flexibility index (Phi) is 5.67. The van der Waals surface area contributed by atoms with Gasteiger partial charge in [-0.2, -0.15) is 13.2 Å². The zero-order valence-corrected chi connectivity index (χ0v) is 11.8. The second-order valence-electron chi connectivity index (χ2n) is 3.38. The quantitative estimate of drug-likeness (QED) is 0.648. The van der Waals surface area contributed by atoms with E-state index >= 15 is 0 Å². The molecule has 0 aliphatic rings. The number of nitrogens with one attached hydrogen (secondary N) is 2. The lowest BCUT2D eigenvalue weighted by atomic mass is 10.3. The lowest BCUT2D eigenvalue weighted by Crippen LogP contribution is -2.27. The molecule has 0 radical (unpaired) electrons. The van der Waals surface area contributed by atoms with E-state index in [4.69, 9.17) is 12.2 Å². The van der Waals surface area contributed by atoms with Gasteiger partial charge in [0.1, 0.15) is 0 Å². The summed E-state index contributed by atoms with van der Waals surface area (Å²) in [7, 11) is 0. The Hall–Kier alpha value is -0.540. The number of halogens is 3. The maximum atomic E-state index is 11.8. The van der Waals surface area contributed by atoms with Crippen molar-refractivity contribution in [2.45, 2.75) is 18.9 Å². The highest BCUT2D eigenvalue weighted by Crippen LogP contribution is 2.29. The third kappa shape index (κ3) is 5.87. The number of amides is 1. The standard InChI is InChI=1S/C9H11F3N2OS3/c1-5-6(18-8(16)14-5)4-7(15)13-2-3-17-9(10,11)12/h2-4H2,1H3,(H,13,15)(H,14,16). The molecule has 0 aliphatic carbocycles. The number of H-pyrrole nitrogens is 1. The minimum atomic E-state index is -4.25. The van der Waals surface area contributed by atoms with Crippen molar-refractivity contribution in [2.75, 3.05) is 12.3 Å². The predicted molar refractivity (Wildman–Crippen MR) is 69.5 cm³/mol. The zero-order valence-electron chi connectivity index (χ0n) is 9.39. The number of hydrogen-bond donors (Lipinski definition) is 2. The van der Waals surface area contributed by atoms with Gasteiger partial charge in [0.05, 0.1) is 6.42 Å². The SMILES string of the molecule is Cc1[nH]c(=S)sc1CC(=O)NCCSC(F)(F)F. The molecule has 0 unspecified atom stereocenters. The normalized spacial score (nSPS) is 11.6. The van der Waals surface area contributed by atoms with Gasteiger partial charge in [0.25, 0.3) is 0 Å². The summed E-state index contributed by atoms with van der Waals surface area (Å²) in [5, 5.41) is 2.44. The van der Waals surface area contributed by atoms with Crippen LogP contribution >= 0.6 is 35.3 Å². The molecule has 18 heavy (non-hydrogen) atoms. The summed E-state index contributed by atoms with van der Waals surface area (Å²) in [6.07, 6.45) is 0.139. The molecule has 0 bridgehead atoms. The van der Waals surface area contributed by atoms with Gasteiger partial charge in [-0.05, 0) is 30.9 Å². The minimum Gasteiger partial charge on any atom is -0.355 e. The summed E-state index contributed by atoms with van der Waals surface area (Å²) in [6, 6.07) is 0. The van der Waals surface area contributed by atoms with E-state index in [1.165, 1.54) is 11.3 Å². The number of thioether (sulfide) groups is 1. The van der Waals surface area contributed by atoms with Crippen LogP contribution in [-0.2, 0) is 11.2 Å². The maximum Gasteiger partial charge on any atom is 0.441 e. The first-order valence-corrected chi connectivity index (χ1v) is 7.15. The van der Waals surface area contributed by atoms with E-state index < -0.39 is 5.51 Å². The number of thiazole rings is 1. The Morgan fingerprint density at radius 1 is 1.56 bits per heavy atom. The van der Waals surface area contributed by atoms with Crippen LogP contribution in [0.2, 0.25) is 0 Å². The first kappa shape index (κ1) is 15.5. The minimum absolute atomic E-state index is 0.00210. The molecule has 0 fully saturated rings. The fraction of sp³-hybridized carbons (Fsp3) is 0.556. The number of alkyl halides is 3. The molecule has 1 aromatic rings. The molecule has 3 nitrogen and oxygen atoms in total. The van der Waals surface area contributed by atoms with Crippen molar-refractivity contribution < 1.29 is 18.0 Å². The van der Waals surface area contributed by atoms with Gasteiger partial charge in [-0.25, -0.2) is 0 Å². The van der Waals surface area contributed by atoms with Gasteiger partial charge in [0, 0.05) is 22.9 Å². The molecular weight excluding hydrogens is 305 g/mol. The van der Waals surface area contributed by atoms with Crippen LogP contribution in [0, 0.1) is 10.9 Å². The van der Waals surface area contributed by atoms with Crippen LogP contribution in [0.3, 0.4) is 0 Å². The second kappa shape index (κ2) is 6.58. The number of aromatic nitrogens is 1. The van der Waals surface area contributed by atoms with Crippen LogP contribution in [0.25, 0.3) is 0 Å². The second-order valence-corrected chi connectivity index (χ2v) is 6.32. The number of aromatic amines is 1. The first-order chi connectivity index (χ1) is 8.28. The van der Waals surface area contributed by atoms with Gasteiger partial charge < -0.3 is 10.3 Å². The van der Waals surface area contributed by atoms with E-state index in [1.54, 1.807) is 6.92 Å². The summed E-state index contributed by atoms with van der Waals surface area (Å²) in [6.45, 7) is 1.80. The summed E-state index contributed by atoms with van der Waals surface area (Å²) in [5.41, 5.74) is -3.42. The predicted octanol–water partition coefficient (Wildman–Crippen LogP) is 3.03. The lowest BCUT2D eigenvalue weighted by Gasteiger charge is -2.06. The molecule has 0 spiro atoms. The van der Waals surface area contributed by atoms with Gasteiger partial charge in [0.15, 0.2) is 3.95 Å². The van der Waals surface area contributed by atoms with Crippen LogP contribution in [0.15, 0.2) is 0 Å². The van der Waals surface area contributed by atoms with E-state index in [-0.39, 0.29) is 36.4 Å². The number of hydrogen-bond acceptors (Lipinski definition) is 4. The fourth-order valence-corrected chi connectivity index (χ4v) is 2.90. The van der Waals surface area contributed by atoms with Crippen molar-refractivity contribution in [3.8, 4) is 0 Å². The molecule has 1 rings (SSSR count). The van der Waals surface area contributed by atoms with Crippen molar-refractivity contribution in [2.24, 2.45) is 0 Å². The molecule has 0 saturated heterocycles. The Morgan fingerprint density at radius 2 is 2.22 bits per heavy atom. The highest BCUT2D eigenvalue weighted by atomic mass is 32.2. The van der Waals surface area contributed by atoms with Crippen molar-refractivity contribution in [1.29, 1.82) is 0 Å². The molecule has 2 N–H and O–H groups in total. The van der Waals surface area contributed by atoms with Crippen molar-refractivity contribution in [1.82, 2.24) is 10.3 Å². The molecule has 0 aliphatic heterocycles. The van der Waals surface area contributed by atoms with E-state index in [9.17, 15) is 18.0 Å². The van der Waals surface area contributed by atoms with Crippen LogP contribution in [0.1, 0.15) is 10.6 Å². The van der Waals surface area contributed by atoms with E-state index in [1.807, 2.05) is 0 Å². The fourth-order valence-electron chi connectivity index (χ4n) is 1.17. The largest absolute Gasteiger partial charge is 0.441 e. The van der Waals surface area contributed by atoms with Gasteiger partial charge in [-0.15, -0.1) is 11.3 Å². The molecule has 1 heterocycles.